The average molecular weight is 217 g/mol. The molecule has 86 valence electrons. The van der Waals surface area contributed by atoms with Crippen LogP contribution in [0.3, 0.4) is 0 Å². The first-order chi connectivity index (χ1) is 7.56. The molecule has 1 aromatic rings. The normalized spacial score (nSPS) is 25.8. The van der Waals surface area contributed by atoms with Crippen molar-refractivity contribution in [3.63, 3.8) is 0 Å². The SMILES string of the molecule is Cc1ccc(C)c(C2CC(=O)CC(C)N2)c1. The third-order valence-electron chi connectivity index (χ3n) is 3.26. The van der Waals surface area contributed by atoms with Gasteiger partial charge in [-0.2, -0.15) is 0 Å². The lowest BCUT2D eigenvalue weighted by Gasteiger charge is -2.29. The van der Waals surface area contributed by atoms with E-state index in [0.29, 0.717) is 24.7 Å². The Morgan fingerprint density at radius 2 is 2.00 bits per heavy atom. The summed E-state index contributed by atoms with van der Waals surface area (Å²) in [4.78, 5) is 11.6. The summed E-state index contributed by atoms with van der Waals surface area (Å²) in [6.45, 7) is 6.28. The molecule has 0 aromatic heterocycles. The Bertz CT molecular complexity index is 411. The van der Waals surface area contributed by atoms with Gasteiger partial charge in [-0.15, -0.1) is 0 Å². The van der Waals surface area contributed by atoms with Gasteiger partial charge in [0.15, 0.2) is 0 Å². The monoisotopic (exact) mass is 217 g/mol. The number of hydrogen-bond acceptors (Lipinski definition) is 2. The van der Waals surface area contributed by atoms with E-state index in [2.05, 4.69) is 44.3 Å². The lowest BCUT2D eigenvalue weighted by molar-refractivity contribution is -0.121. The molecule has 1 heterocycles. The van der Waals surface area contributed by atoms with Gasteiger partial charge in [-0.1, -0.05) is 23.8 Å². The second-order valence-electron chi connectivity index (χ2n) is 4.93. The van der Waals surface area contributed by atoms with Crippen LogP contribution >= 0.6 is 0 Å². The van der Waals surface area contributed by atoms with Crippen LogP contribution in [-0.2, 0) is 4.79 Å². The van der Waals surface area contributed by atoms with Crippen molar-refractivity contribution in [3.05, 3.63) is 34.9 Å². The van der Waals surface area contributed by atoms with Gasteiger partial charge in [0.05, 0.1) is 0 Å². The fourth-order valence-corrected chi connectivity index (χ4v) is 2.45. The third-order valence-corrected chi connectivity index (χ3v) is 3.26. The Labute approximate surface area is 97.1 Å². The van der Waals surface area contributed by atoms with Crippen molar-refractivity contribution in [2.45, 2.75) is 45.7 Å². The third kappa shape index (κ3) is 2.33. The maximum absolute atomic E-state index is 11.6. The summed E-state index contributed by atoms with van der Waals surface area (Å²) in [6, 6.07) is 6.95. The van der Waals surface area contributed by atoms with Crippen LogP contribution in [0.4, 0.5) is 0 Å². The number of Topliss-reactive ketones (excluding diaryl/α,β-unsaturated/α-hetero) is 1. The quantitative estimate of drug-likeness (QED) is 0.783. The van der Waals surface area contributed by atoms with E-state index in [1.165, 1.54) is 16.7 Å². The van der Waals surface area contributed by atoms with Crippen molar-refractivity contribution < 1.29 is 4.79 Å². The van der Waals surface area contributed by atoms with Gasteiger partial charge >= 0.3 is 0 Å². The molecule has 1 fully saturated rings. The van der Waals surface area contributed by atoms with Crippen molar-refractivity contribution in [1.29, 1.82) is 0 Å². The predicted octanol–water partition coefficient (Wildman–Crippen LogP) is 2.69. The molecule has 1 aliphatic rings. The molecule has 2 rings (SSSR count). The summed E-state index contributed by atoms with van der Waals surface area (Å²) in [5.41, 5.74) is 3.80. The zero-order chi connectivity index (χ0) is 11.7. The van der Waals surface area contributed by atoms with Crippen LogP contribution in [0.25, 0.3) is 0 Å². The molecule has 0 bridgehead atoms. The number of hydrogen-bond donors (Lipinski definition) is 1. The second kappa shape index (κ2) is 4.38. The van der Waals surface area contributed by atoms with Gasteiger partial charge < -0.3 is 5.32 Å². The number of carbonyl (C=O) groups excluding carboxylic acids is 1. The molecule has 0 saturated carbocycles. The lowest BCUT2D eigenvalue weighted by atomic mass is 9.90. The van der Waals surface area contributed by atoms with Gasteiger partial charge in [0.2, 0.25) is 0 Å². The maximum atomic E-state index is 11.6. The Hall–Kier alpha value is -1.15. The van der Waals surface area contributed by atoms with Crippen LogP contribution in [-0.4, -0.2) is 11.8 Å². The molecule has 2 heteroatoms. The lowest BCUT2D eigenvalue weighted by Crippen LogP contribution is -2.39. The second-order valence-corrected chi connectivity index (χ2v) is 4.93. The molecule has 1 aliphatic heterocycles. The van der Waals surface area contributed by atoms with E-state index in [4.69, 9.17) is 0 Å². The molecule has 1 aromatic carbocycles. The minimum atomic E-state index is 0.205. The van der Waals surface area contributed by atoms with Crippen molar-refractivity contribution in [3.8, 4) is 0 Å². The average Bonchev–Trinajstić information content (AvgIpc) is 2.20. The summed E-state index contributed by atoms with van der Waals surface area (Å²) >= 11 is 0. The van der Waals surface area contributed by atoms with Gasteiger partial charge in [0.25, 0.3) is 0 Å². The smallest absolute Gasteiger partial charge is 0.136 e. The Morgan fingerprint density at radius 3 is 2.69 bits per heavy atom. The number of nitrogens with one attached hydrogen (secondary N) is 1. The number of benzene rings is 1. The number of ketones is 1. The first-order valence-electron chi connectivity index (χ1n) is 5.91. The van der Waals surface area contributed by atoms with Crippen molar-refractivity contribution >= 4 is 5.78 Å². The van der Waals surface area contributed by atoms with E-state index < -0.39 is 0 Å². The molecule has 16 heavy (non-hydrogen) atoms. The molecule has 0 aliphatic carbocycles. The van der Waals surface area contributed by atoms with Gasteiger partial charge in [0, 0.05) is 24.9 Å². The first kappa shape index (κ1) is 11.3. The van der Waals surface area contributed by atoms with Gasteiger partial charge in [-0.3, -0.25) is 4.79 Å². The number of piperidine rings is 1. The molecule has 1 saturated heterocycles. The fraction of sp³-hybridized carbons (Fsp3) is 0.500. The van der Waals surface area contributed by atoms with Crippen molar-refractivity contribution in [1.82, 2.24) is 5.32 Å². The summed E-state index contributed by atoms with van der Waals surface area (Å²) in [5.74, 6) is 0.372. The largest absolute Gasteiger partial charge is 0.307 e. The maximum Gasteiger partial charge on any atom is 0.136 e. The summed E-state index contributed by atoms with van der Waals surface area (Å²) in [7, 11) is 0. The number of rotatable bonds is 1. The van der Waals surface area contributed by atoms with Gasteiger partial charge in [-0.25, -0.2) is 0 Å². The fourth-order valence-electron chi connectivity index (χ4n) is 2.45. The van der Waals surface area contributed by atoms with Gasteiger partial charge in [0.1, 0.15) is 5.78 Å². The molecular formula is C14H19NO. The summed E-state index contributed by atoms with van der Waals surface area (Å²) in [5, 5.41) is 3.51. The highest BCUT2D eigenvalue weighted by molar-refractivity contribution is 5.80. The minimum absolute atomic E-state index is 0.205. The topological polar surface area (TPSA) is 29.1 Å². The van der Waals surface area contributed by atoms with Crippen LogP contribution in [0.5, 0.6) is 0 Å². The molecular weight excluding hydrogens is 198 g/mol. The van der Waals surface area contributed by atoms with E-state index in [1.807, 2.05) is 0 Å². The van der Waals surface area contributed by atoms with E-state index in [9.17, 15) is 4.79 Å². The molecule has 0 spiro atoms. The standard InChI is InChI=1S/C14H19NO/c1-9-4-5-10(2)13(6-9)14-8-12(16)7-11(3)15-14/h4-6,11,14-15H,7-8H2,1-3H3. The van der Waals surface area contributed by atoms with Crippen LogP contribution < -0.4 is 5.32 Å². The van der Waals surface area contributed by atoms with E-state index in [1.54, 1.807) is 0 Å². The highest BCUT2D eigenvalue weighted by atomic mass is 16.1. The first-order valence-corrected chi connectivity index (χ1v) is 5.91. The predicted molar refractivity (Wildman–Crippen MR) is 65.5 cm³/mol. The highest BCUT2D eigenvalue weighted by Crippen LogP contribution is 2.26. The number of aryl methyl sites for hydroxylation is 2. The number of carbonyl (C=O) groups is 1. The zero-order valence-corrected chi connectivity index (χ0v) is 10.2. The Kier molecular flexibility index (Phi) is 3.10. The summed E-state index contributed by atoms with van der Waals surface area (Å²) < 4.78 is 0. The van der Waals surface area contributed by atoms with Crippen molar-refractivity contribution in [2.24, 2.45) is 0 Å². The molecule has 0 radical (unpaired) electrons. The van der Waals surface area contributed by atoms with Crippen molar-refractivity contribution in [2.75, 3.05) is 0 Å². The summed E-state index contributed by atoms with van der Waals surface area (Å²) in [6.07, 6.45) is 1.30. The molecule has 1 N–H and O–H groups in total. The van der Waals surface area contributed by atoms with Gasteiger partial charge in [-0.05, 0) is 31.9 Å². The van der Waals surface area contributed by atoms with Crippen LogP contribution in [0.15, 0.2) is 18.2 Å². The molecule has 0 amide bonds. The highest BCUT2D eigenvalue weighted by Gasteiger charge is 2.25. The molecule has 2 nitrogen and oxygen atoms in total. The van der Waals surface area contributed by atoms with Crippen LogP contribution in [0, 0.1) is 13.8 Å². The Morgan fingerprint density at radius 1 is 1.25 bits per heavy atom. The van der Waals surface area contributed by atoms with E-state index in [-0.39, 0.29) is 6.04 Å². The van der Waals surface area contributed by atoms with Crippen LogP contribution in [0.1, 0.15) is 42.5 Å². The Balaban J connectivity index is 2.29. The zero-order valence-electron chi connectivity index (χ0n) is 10.2. The minimum Gasteiger partial charge on any atom is -0.307 e. The van der Waals surface area contributed by atoms with Crippen LogP contribution in [0.2, 0.25) is 0 Å². The van der Waals surface area contributed by atoms with E-state index in [0.717, 1.165) is 0 Å². The van der Waals surface area contributed by atoms with E-state index >= 15 is 0 Å². The molecule has 2 unspecified atom stereocenters. The molecule has 2 atom stereocenters.